The van der Waals surface area contributed by atoms with Gasteiger partial charge in [0.25, 0.3) is 0 Å². The second kappa shape index (κ2) is 7.30. The van der Waals surface area contributed by atoms with Crippen LogP contribution in [-0.4, -0.2) is 19.3 Å². The first-order valence-corrected chi connectivity index (χ1v) is 5.14. The highest BCUT2D eigenvalue weighted by molar-refractivity contribution is 4.75. The van der Waals surface area contributed by atoms with Crippen molar-refractivity contribution in [2.24, 2.45) is 11.8 Å². The molecule has 0 heterocycles. The van der Waals surface area contributed by atoms with Gasteiger partial charge in [-0.05, 0) is 18.8 Å². The predicted molar refractivity (Wildman–Crippen MR) is 56.3 cm³/mol. The quantitative estimate of drug-likeness (QED) is 0.472. The zero-order chi connectivity index (χ0) is 10.3. The average molecular weight is 188 g/mol. The Labute approximate surface area is 82.0 Å². The molecule has 3 nitrogen and oxygen atoms in total. The summed E-state index contributed by atoms with van der Waals surface area (Å²) in [6, 6.07) is 0.282. The van der Waals surface area contributed by atoms with Crippen molar-refractivity contribution in [1.29, 1.82) is 0 Å². The van der Waals surface area contributed by atoms with E-state index in [-0.39, 0.29) is 12.1 Å². The summed E-state index contributed by atoms with van der Waals surface area (Å²) >= 11 is 0. The standard InChI is InChI=1S/C10H24N2O/c1-5-6-10(13-4)9(12-11)7-8(2)3/h8-10,12H,5-7,11H2,1-4H3. The van der Waals surface area contributed by atoms with Gasteiger partial charge in [0.05, 0.1) is 6.10 Å². The largest absolute Gasteiger partial charge is 0.380 e. The van der Waals surface area contributed by atoms with E-state index in [1.165, 1.54) is 0 Å². The fraction of sp³-hybridized carbons (Fsp3) is 1.00. The van der Waals surface area contributed by atoms with Gasteiger partial charge in [0.1, 0.15) is 0 Å². The van der Waals surface area contributed by atoms with Crippen LogP contribution in [0.2, 0.25) is 0 Å². The zero-order valence-electron chi connectivity index (χ0n) is 9.34. The van der Waals surface area contributed by atoms with E-state index in [0.29, 0.717) is 5.92 Å². The summed E-state index contributed by atoms with van der Waals surface area (Å²) in [5.41, 5.74) is 2.84. The molecule has 0 aromatic heterocycles. The molecule has 0 spiro atoms. The number of methoxy groups -OCH3 is 1. The predicted octanol–water partition coefficient (Wildman–Crippen LogP) is 1.68. The maximum absolute atomic E-state index is 5.50. The van der Waals surface area contributed by atoms with E-state index < -0.39 is 0 Å². The topological polar surface area (TPSA) is 47.3 Å². The van der Waals surface area contributed by atoms with Gasteiger partial charge in [-0.15, -0.1) is 0 Å². The lowest BCUT2D eigenvalue weighted by molar-refractivity contribution is 0.0541. The lowest BCUT2D eigenvalue weighted by Gasteiger charge is -2.26. The van der Waals surface area contributed by atoms with Crippen LogP contribution in [-0.2, 0) is 4.74 Å². The van der Waals surface area contributed by atoms with Crippen molar-refractivity contribution in [1.82, 2.24) is 5.43 Å². The van der Waals surface area contributed by atoms with Crippen LogP contribution in [0.1, 0.15) is 40.0 Å². The van der Waals surface area contributed by atoms with Crippen LogP contribution >= 0.6 is 0 Å². The van der Waals surface area contributed by atoms with Crippen LogP contribution in [0.25, 0.3) is 0 Å². The van der Waals surface area contributed by atoms with Gasteiger partial charge in [-0.25, -0.2) is 0 Å². The van der Waals surface area contributed by atoms with Gasteiger partial charge in [0.2, 0.25) is 0 Å². The molecular weight excluding hydrogens is 164 g/mol. The normalized spacial score (nSPS) is 16.2. The molecule has 0 saturated heterocycles. The van der Waals surface area contributed by atoms with Crippen molar-refractivity contribution >= 4 is 0 Å². The van der Waals surface area contributed by atoms with E-state index >= 15 is 0 Å². The molecule has 0 saturated carbocycles. The minimum absolute atomic E-state index is 0.248. The van der Waals surface area contributed by atoms with Crippen LogP contribution in [0.15, 0.2) is 0 Å². The lowest BCUT2D eigenvalue weighted by atomic mass is 9.97. The van der Waals surface area contributed by atoms with Crippen molar-refractivity contribution < 1.29 is 4.74 Å². The van der Waals surface area contributed by atoms with Crippen LogP contribution in [0, 0.1) is 5.92 Å². The molecule has 0 aliphatic carbocycles. The fourth-order valence-corrected chi connectivity index (χ4v) is 1.60. The number of nitrogens with two attached hydrogens (primary N) is 1. The first-order chi connectivity index (χ1) is 6.15. The Balaban J connectivity index is 4.00. The molecular formula is C10H24N2O. The molecule has 3 heteroatoms. The maximum atomic E-state index is 5.50. The van der Waals surface area contributed by atoms with Crippen molar-refractivity contribution in [3.8, 4) is 0 Å². The van der Waals surface area contributed by atoms with E-state index in [4.69, 9.17) is 10.6 Å². The molecule has 3 N–H and O–H groups in total. The summed E-state index contributed by atoms with van der Waals surface area (Å²) in [7, 11) is 1.75. The molecule has 13 heavy (non-hydrogen) atoms. The number of nitrogens with one attached hydrogen (secondary N) is 1. The van der Waals surface area contributed by atoms with Gasteiger partial charge < -0.3 is 4.74 Å². The Bertz CT molecular complexity index is 117. The number of rotatable bonds is 7. The molecule has 0 bridgehead atoms. The molecule has 0 aromatic carbocycles. The van der Waals surface area contributed by atoms with E-state index in [9.17, 15) is 0 Å². The van der Waals surface area contributed by atoms with Gasteiger partial charge in [-0.3, -0.25) is 11.3 Å². The van der Waals surface area contributed by atoms with E-state index in [0.717, 1.165) is 19.3 Å². The van der Waals surface area contributed by atoms with Crippen molar-refractivity contribution in [3.63, 3.8) is 0 Å². The number of hydrogen-bond acceptors (Lipinski definition) is 3. The van der Waals surface area contributed by atoms with Crippen molar-refractivity contribution in [3.05, 3.63) is 0 Å². The minimum atomic E-state index is 0.248. The van der Waals surface area contributed by atoms with E-state index in [1.54, 1.807) is 7.11 Å². The molecule has 80 valence electrons. The highest BCUT2D eigenvalue weighted by Gasteiger charge is 2.19. The van der Waals surface area contributed by atoms with Crippen LogP contribution in [0.4, 0.5) is 0 Å². The van der Waals surface area contributed by atoms with Gasteiger partial charge in [-0.1, -0.05) is 27.2 Å². The van der Waals surface area contributed by atoms with Crippen molar-refractivity contribution in [2.75, 3.05) is 7.11 Å². The summed E-state index contributed by atoms with van der Waals surface area (Å²) in [4.78, 5) is 0. The second-order valence-corrected chi connectivity index (χ2v) is 3.97. The second-order valence-electron chi connectivity index (χ2n) is 3.97. The Kier molecular flexibility index (Phi) is 7.23. The summed E-state index contributed by atoms with van der Waals surface area (Å²) in [6.45, 7) is 6.56. The number of hydrogen-bond donors (Lipinski definition) is 2. The van der Waals surface area contributed by atoms with Crippen LogP contribution < -0.4 is 11.3 Å². The summed E-state index contributed by atoms with van der Waals surface area (Å²) in [6.07, 6.45) is 3.51. The van der Waals surface area contributed by atoms with Gasteiger partial charge in [0, 0.05) is 13.2 Å². The summed E-state index contributed by atoms with van der Waals surface area (Å²) < 4.78 is 5.40. The van der Waals surface area contributed by atoms with Gasteiger partial charge in [-0.2, -0.15) is 0 Å². The molecule has 0 aromatic rings. The molecule has 0 aliphatic heterocycles. The van der Waals surface area contributed by atoms with Gasteiger partial charge >= 0.3 is 0 Å². The van der Waals surface area contributed by atoms with Crippen LogP contribution in [0.3, 0.4) is 0 Å². The summed E-state index contributed by atoms with van der Waals surface area (Å²) in [5.74, 6) is 6.15. The summed E-state index contributed by atoms with van der Waals surface area (Å²) in [5, 5.41) is 0. The monoisotopic (exact) mass is 188 g/mol. The third kappa shape index (κ3) is 5.24. The lowest BCUT2D eigenvalue weighted by Crippen LogP contribution is -2.45. The zero-order valence-corrected chi connectivity index (χ0v) is 9.34. The first-order valence-electron chi connectivity index (χ1n) is 5.14. The van der Waals surface area contributed by atoms with Gasteiger partial charge in [0.15, 0.2) is 0 Å². The van der Waals surface area contributed by atoms with E-state index in [2.05, 4.69) is 26.2 Å². The Hall–Kier alpha value is -0.120. The van der Waals surface area contributed by atoms with Crippen molar-refractivity contribution in [2.45, 2.75) is 52.2 Å². The fourth-order valence-electron chi connectivity index (χ4n) is 1.60. The average Bonchev–Trinajstić information content (AvgIpc) is 2.10. The Morgan fingerprint density at radius 3 is 2.31 bits per heavy atom. The molecule has 0 aliphatic rings. The minimum Gasteiger partial charge on any atom is -0.380 e. The molecule has 0 radical (unpaired) electrons. The highest BCUT2D eigenvalue weighted by atomic mass is 16.5. The smallest absolute Gasteiger partial charge is 0.0737 e. The molecule has 0 rings (SSSR count). The molecule has 2 unspecified atom stereocenters. The van der Waals surface area contributed by atoms with E-state index in [1.807, 2.05) is 0 Å². The molecule has 0 fully saturated rings. The Morgan fingerprint density at radius 2 is 2.00 bits per heavy atom. The number of hydrazine groups is 1. The first kappa shape index (κ1) is 12.9. The highest BCUT2D eigenvalue weighted by Crippen LogP contribution is 2.13. The van der Waals surface area contributed by atoms with Crippen LogP contribution in [0.5, 0.6) is 0 Å². The SMILES string of the molecule is CCCC(OC)C(CC(C)C)NN. The third-order valence-corrected chi connectivity index (χ3v) is 2.26. The maximum Gasteiger partial charge on any atom is 0.0737 e. The molecule has 2 atom stereocenters. The Morgan fingerprint density at radius 1 is 1.38 bits per heavy atom. The third-order valence-electron chi connectivity index (χ3n) is 2.26. The molecule has 0 amide bonds. The number of ether oxygens (including phenoxy) is 1.